The highest BCUT2D eigenvalue weighted by Gasteiger charge is 2.35. The maximum absolute atomic E-state index is 12.2. The van der Waals surface area contributed by atoms with E-state index in [1.54, 1.807) is 6.07 Å². The smallest absolute Gasteiger partial charge is 0.409 e. The summed E-state index contributed by atoms with van der Waals surface area (Å²) in [5.74, 6) is 0.858. The second kappa shape index (κ2) is 7.65. The number of H-pyrrole nitrogens is 1. The molecule has 3 aromatic rings. The predicted molar refractivity (Wildman–Crippen MR) is 107 cm³/mol. The Hall–Kier alpha value is -2.84. The first-order valence-electron chi connectivity index (χ1n) is 9.06. The van der Waals surface area contributed by atoms with Gasteiger partial charge in [-0.1, -0.05) is 29.8 Å². The number of benzene rings is 1. The Balaban J connectivity index is 1.34. The van der Waals surface area contributed by atoms with Gasteiger partial charge >= 0.3 is 6.09 Å². The van der Waals surface area contributed by atoms with Crippen LogP contribution < -0.4 is 16.0 Å². The van der Waals surface area contributed by atoms with E-state index in [1.807, 2.05) is 30.5 Å². The minimum atomic E-state index is -1.01. The van der Waals surface area contributed by atoms with Crippen molar-refractivity contribution >= 4 is 34.5 Å². The number of alkyl carbamates (subject to hydrolysis) is 1. The quantitative estimate of drug-likeness (QED) is 0.581. The zero-order chi connectivity index (χ0) is 19.6. The van der Waals surface area contributed by atoms with E-state index < -0.39 is 11.8 Å². The minimum Gasteiger partial charge on any atom is -0.428 e. The molecule has 4 rings (SSSR count). The van der Waals surface area contributed by atoms with Crippen molar-refractivity contribution in [2.24, 2.45) is 5.73 Å². The van der Waals surface area contributed by atoms with E-state index in [2.05, 4.69) is 25.2 Å². The van der Waals surface area contributed by atoms with E-state index in [0.717, 1.165) is 22.4 Å². The van der Waals surface area contributed by atoms with Crippen molar-refractivity contribution < 1.29 is 9.53 Å². The number of fused-ring (bicyclic) bond motifs is 1. The number of hydrogen-bond donors (Lipinski definition) is 3. The largest absolute Gasteiger partial charge is 0.428 e. The number of nitrogens with zero attached hydrogens (tertiary/aromatic N) is 3. The number of halogens is 1. The molecule has 1 fully saturated rings. The molecule has 2 aromatic heterocycles. The summed E-state index contributed by atoms with van der Waals surface area (Å²) in [5.41, 5.74) is 6.93. The summed E-state index contributed by atoms with van der Waals surface area (Å²) in [6, 6.07) is 9.28. The second-order valence-electron chi connectivity index (χ2n) is 6.82. The number of aromatic amines is 1. The Morgan fingerprint density at radius 1 is 1.29 bits per heavy atom. The van der Waals surface area contributed by atoms with Gasteiger partial charge in [0.25, 0.3) is 0 Å². The number of nitrogens with one attached hydrogen (secondary N) is 2. The van der Waals surface area contributed by atoms with Crippen molar-refractivity contribution in [3.8, 4) is 0 Å². The normalized spacial score (nSPS) is 16.1. The third-order valence-corrected chi connectivity index (χ3v) is 5.29. The van der Waals surface area contributed by atoms with Crippen LogP contribution in [0.3, 0.4) is 0 Å². The molecular formula is C19H21ClN6O2. The fraction of sp³-hybridized carbons (Fsp3) is 0.316. The molecule has 9 heteroatoms. The molecule has 1 aliphatic rings. The molecule has 1 aliphatic heterocycles. The Kier molecular flexibility index (Phi) is 5.06. The highest BCUT2D eigenvalue weighted by atomic mass is 35.5. The molecule has 0 aliphatic carbocycles. The van der Waals surface area contributed by atoms with Crippen LogP contribution in [0.1, 0.15) is 18.4 Å². The number of carbonyl (C=O) groups is 1. The fourth-order valence-corrected chi connectivity index (χ4v) is 3.54. The second-order valence-corrected chi connectivity index (χ2v) is 7.23. The Labute approximate surface area is 167 Å². The fourth-order valence-electron chi connectivity index (χ4n) is 3.34. The summed E-state index contributed by atoms with van der Waals surface area (Å²) in [6.45, 7) is 1.55. The van der Waals surface area contributed by atoms with Gasteiger partial charge in [-0.25, -0.2) is 14.8 Å². The number of amides is 1. The van der Waals surface area contributed by atoms with Crippen LogP contribution in [0.2, 0.25) is 5.02 Å². The standard InChI is InChI=1S/C19H21ClN6O2/c20-15-4-2-1-3-13(15)11-23-18(27)28-19(21)6-9-26(10-7-19)17-14-5-8-22-16(14)24-12-25-17/h1-5,8,12H,6-7,9-11,21H2,(H,23,27)(H,22,24,25). The average Bonchev–Trinajstić information content (AvgIpc) is 3.17. The summed E-state index contributed by atoms with van der Waals surface area (Å²) in [4.78, 5) is 26.0. The van der Waals surface area contributed by atoms with Crippen molar-refractivity contribution in [3.63, 3.8) is 0 Å². The average molecular weight is 401 g/mol. The molecule has 28 heavy (non-hydrogen) atoms. The number of hydrogen-bond acceptors (Lipinski definition) is 6. The van der Waals surface area contributed by atoms with Gasteiger partial charge in [0.1, 0.15) is 17.8 Å². The SMILES string of the molecule is NC1(OC(=O)NCc2ccccc2Cl)CCN(c2ncnc3[nH]ccc23)CC1. The lowest BCUT2D eigenvalue weighted by Gasteiger charge is -2.38. The predicted octanol–water partition coefficient (Wildman–Crippen LogP) is 2.79. The molecule has 1 aromatic carbocycles. The number of carbonyl (C=O) groups excluding carboxylic acids is 1. The molecule has 0 unspecified atom stereocenters. The summed E-state index contributed by atoms with van der Waals surface area (Å²) < 4.78 is 5.52. The maximum atomic E-state index is 12.2. The monoisotopic (exact) mass is 400 g/mol. The summed E-state index contributed by atoms with van der Waals surface area (Å²) in [7, 11) is 0. The molecule has 0 atom stereocenters. The zero-order valence-corrected chi connectivity index (χ0v) is 15.9. The van der Waals surface area contributed by atoms with Gasteiger partial charge in [-0.2, -0.15) is 0 Å². The van der Waals surface area contributed by atoms with E-state index in [4.69, 9.17) is 22.1 Å². The van der Waals surface area contributed by atoms with Crippen LogP contribution in [-0.2, 0) is 11.3 Å². The van der Waals surface area contributed by atoms with Crippen LogP contribution in [0.15, 0.2) is 42.9 Å². The first-order valence-corrected chi connectivity index (χ1v) is 9.44. The van der Waals surface area contributed by atoms with Crippen LogP contribution in [0.4, 0.5) is 10.6 Å². The Morgan fingerprint density at radius 3 is 2.86 bits per heavy atom. The lowest BCUT2D eigenvalue weighted by atomic mass is 10.0. The molecule has 0 bridgehead atoms. The molecule has 3 heterocycles. The van der Waals surface area contributed by atoms with Gasteiger partial charge in [0, 0.05) is 43.7 Å². The third kappa shape index (κ3) is 3.88. The molecule has 8 nitrogen and oxygen atoms in total. The van der Waals surface area contributed by atoms with Crippen LogP contribution in [0.5, 0.6) is 0 Å². The number of rotatable bonds is 4. The minimum absolute atomic E-state index is 0.285. The van der Waals surface area contributed by atoms with Crippen LogP contribution in [0, 0.1) is 0 Å². The maximum Gasteiger partial charge on any atom is 0.409 e. The molecule has 1 amide bonds. The van der Waals surface area contributed by atoms with Crippen LogP contribution >= 0.6 is 11.6 Å². The van der Waals surface area contributed by atoms with Gasteiger partial charge in [0.05, 0.1) is 5.39 Å². The summed E-state index contributed by atoms with van der Waals surface area (Å²) in [5, 5.41) is 4.27. The van der Waals surface area contributed by atoms with E-state index in [-0.39, 0.29) is 6.54 Å². The molecule has 4 N–H and O–H groups in total. The first-order chi connectivity index (χ1) is 13.5. The zero-order valence-electron chi connectivity index (χ0n) is 15.2. The number of piperidine rings is 1. The van der Waals surface area contributed by atoms with Gasteiger partial charge in [-0.05, 0) is 17.7 Å². The molecule has 0 radical (unpaired) electrons. The van der Waals surface area contributed by atoms with E-state index >= 15 is 0 Å². The number of ether oxygens (including phenoxy) is 1. The van der Waals surface area contributed by atoms with Gasteiger partial charge in [-0.15, -0.1) is 0 Å². The molecule has 146 valence electrons. The first kappa shape index (κ1) is 18.5. The van der Waals surface area contributed by atoms with E-state index in [9.17, 15) is 4.79 Å². The van der Waals surface area contributed by atoms with Crippen LogP contribution in [-0.4, -0.2) is 39.9 Å². The van der Waals surface area contributed by atoms with Gasteiger partial charge in [-0.3, -0.25) is 5.73 Å². The van der Waals surface area contributed by atoms with Crippen molar-refractivity contribution in [1.82, 2.24) is 20.3 Å². The summed E-state index contributed by atoms with van der Waals surface area (Å²) in [6.07, 6.45) is 3.83. The van der Waals surface area contributed by atoms with E-state index in [0.29, 0.717) is 31.0 Å². The lowest BCUT2D eigenvalue weighted by molar-refractivity contribution is -0.00270. The van der Waals surface area contributed by atoms with Crippen molar-refractivity contribution in [2.45, 2.75) is 25.1 Å². The molecular weight excluding hydrogens is 380 g/mol. The molecule has 0 saturated carbocycles. The van der Waals surface area contributed by atoms with Gasteiger partial charge < -0.3 is 19.9 Å². The third-order valence-electron chi connectivity index (χ3n) is 4.92. The van der Waals surface area contributed by atoms with E-state index in [1.165, 1.54) is 6.33 Å². The number of aromatic nitrogens is 3. The van der Waals surface area contributed by atoms with Crippen molar-refractivity contribution in [2.75, 3.05) is 18.0 Å². The lowest BCUT2D eigenvalue weighted by Crippen LogP contribution is -2.54. The van der Waals surface area contributed by atoms with Gasteiger partial charge in [0.2, 0.25) is 0 Å². The summed E-state index contributed by atoms with van der Waals surface area (Å²) >= 11 is 6.10. The highest BCUT2D eigenvalue weighted by molar-refractivity contribution is 6.31. The van der Waals surface area contributed by atoms with Crippen molar-refractivity contribution in [3.05, 3.63) is 53.4 Å². The Morgan fingerprint density at radius 2 is 2.07 bits per heavy atom. The Bertz CT molecular complexity index is 983. The number of nitrogens with two attached hydrogens (primary N) is 1. The van der Waals surface area contributed by atoms with Crippen molar-refractivity contribution in [1.29, 1.82) is 0 Å². The molecule has 1 saturated heterocycles. The number of anilines is 1. The van der Waals surface area contributed by atoms with Crippen LogP contribution in [0.25, 0.3) is 11.0 Å². The van der Waals surface area contributed by atoms with Gasteiger partial charge in [0.15, 0.2) is 5.72 Å². The highest BCUT2D eigenvalue weighted by Crippen LogP contribution is 2.28. The molecule has 0 spiro atoms. The topological polar surface area (TPSA) is 109 Å².